The standard InChI is InChI=1S/C15H25N3O/c16-11-15(19,12-6-7-12)10-13-8-9-18(17-13)14-4-2-1-3-5-14/h8-9,12,14,19H,1-7,10-11,16H2. The molecule has 1 atom stereocenters. The quantitative estimate of drug-likeness (QED) is 0.854. The van der Waals surface area contributed by atoms with E-state index in [4.69, 9.17) is 5.73 Å². The maximum absolute atomic E-state index is 10.6. The predicted molar refractivity (Wildman–Crippen MR) is 74.8 cm³/mol. The molecule has 0 radical (unpaired) electrons. The number of hydrogen-bond acceptors (Lipinski definition) is 3. The van der Waals surface area contributed by atoms with Crippen molar-refractivity contribution >= 4 is 0 Å². The second-order valence-corrected chi connectivity index (χ2v) is 6.34. The third-order valence-corrected chi connectivity index (χ3v) is 4.79. The lowest BCUT2D eigenvalue weighted by Crippen LogP contribution is -2.42. The van der Waals surface area contributed by atoms with Crippen molar-refractivity contribution in [1.82, 2.24) is 9.78 Å². The van der Waals surface area contributed by atoms with E-state index >= 15 is 0 Å². The maximum atomic E-state index is 10.6. The topological polar surface area (TPSA) is 64.1 Å². The monoisotopic (exact) mass is 263 g/mol. The third-order valence-electron chi connectivity index (χ3n) is 4.79. The van der Waals surface area contributed by atoms with Crippen LogP contribution in [0.1, 0.15) is 56.7 Å². The van der Waals surface area contributed by atoms with Gasteiger partial charge in [-0.15, -0.1) is 0 Å². The minimum Gasteiger partial charge on any atom is -0.388 e. The van der Waals surface area contributed by atoms with Crippen LogP contribution in [0.15, 0.2) is 12.3 Å². The van der Waals surface area contributed by atoms with Gasteiger partial charge in [0.2, 0.25) is 0 Å². The molecule has 1 unspecified atom stereocenters. The van der Waals surface area contributed by atoms with E-state index in [0.717, 1.165) is 18.5 Å². The second-order valence-electron chi connectivity index (χ2n) is 6.34. The molecule has 1 heterocycles. The van der Waals surface area contributed by atoms with Gasteiger partial charge >= 0.3 is 0 Å². The first-order valence-corrected chi connectivity index (χ1v) is 7.68. The normalized spacial score (nSPS) is 24.3. The fourth-order valence-corrected chi connectivity index (χ4v) is 3.34. The maximum Gasteiger partial charge on any atom is 0.0853 e. The molecular formula is C15H25N3O. The average Bonchev–Trinajstić information content (AvgIpc) is 3.21. The Balaban J connectivity index is 1.67. The fourth-order valence-electron chi connectivity index (χ4n) is 3.34. The van der Waals surface area contributed by atoms with Gasteiger partial charge in [-0.05, 0) is 37.7 Å². The van der Waals surface area contributed by atoms with Gasteiger partial charge in [-0.3, -0.25) is 4.68 Å². The molecule has 2 aliphatic rings. The van der Waals surface area contributed by atoms with E-state index in [0.29, 0.717) is 24.9 Å². The average molecular weight is 263 g/mol. The summed E-state index contributed by atoms with van der Waals surface area (Å²) >= 11 is 0. The molecule has 19 heavy (non-hydrogen) atoms. The minimum absolute atomic E-state index is 0.341. The zero-order chi connectivity index (χ0) is 13.3. The van der Waals surface area contributed by atoms with Crippen LogP contribution in [0.25, 0.3) is 0 Å². The molecule has 0 amide bonds. The van der Waals surface area contributed by atoms with E-state index in [-0.39, 0.29) is 0 Å². The molecule has 3 rings (SSSR count). The molecule has 3 N–H and O–H groups in total. The van der Waals surface area contributed by atoms with Crippen LogP contribution in [0.5, 0.6) is 0 Å². The molecular weight excluding hydrogens is 238 g/mol. The summed E-state index contributed by atoms with van der Waals surface area (Å²) in [4.78, 5) is 0. The summed E-state index contributed by atoms with van der Waals surface area (Å²) in [6, 6.07) is 2.62. The Morgan fingerprint density at radius 2 is 2.00 bits per heavy atom. The largest absolute Gasteiger partial charge is 0.388 e. The van der Waals surface area contributed by atoms with E-state index in [9.17, 15) is 5.11 Å². The molecule has 2 aliphatic carbocycles. The smallest absolute Gasteiger partial charge is 0.0853 e. The lowest BCUT2D eigenvalue weighted by molar-refractivity contribution is 0.0256. The van der Waals surface area contributed by atoms with Crippen LogP contribution in [0.4, 0.5) is 0 Å². The summed E-state index contributed by atoms with van der Waals surface area (Å²) in [6.45, 7) is 0.341. The Morgan fingerprint density at radius 1 is 1.26 bits per heavy atom. The fraction of sp³-hybridized carbons (Fsp3) is 0.800. The van der Waals surface area contributed by atoms with Crippen LogP contribution in [0.3, 0.4) is 0 Å². The highest BCUT2D eigenvalue weighted by Gasteiger charge is 2.43. The summed E-state index contributed by atoms with van der Waals surface area (Å²) in [5, 5.41) is 15.2. The van der Waals surface area contributed by atoms with Crippen molar-refractivity contribution in [3.8, 4) is 0 Å². The molecule has 0 spiro atoms. The van der Waals surface area contributed by atoms with Crippen molar-refractivity contribution in [2.45, 2.75) is 63.0 Å². The van der Waals surface area contributed by atoms with E-state index < -0.39 is 5.60 Å². The lowest BCUT2D eigenvalue weighted by Gasteiger charge is -2.25. The van der Waals surface area contributed by atoms with Crippen molar-refractivity contribution in [3.05, 3.63) is 18.0 Å². The number of aromatic nitrogens is 2. The van der Waals surface area contributed by atoms with Gasteiger partial charge in [0.1, 0.15) is 0 Å². The molecule has 2 saturated carbocycles. The van der Waals surface area contributed by atoms with E-state index in [2.05, 4.69) is 22.0 Å². The van der Waals surface area contributed by atoms with Crippen LogP contribution < -0.4 is 5.73 Å². The van der Waals surface area contributed by atoms with Crippen molar-refractivity contribution in [3.63, 3.8) is 0 Å². The lowest BCUT2D eigenvalue weighted by atomic mass is 9.92. The number of nitrogens with zero attached hydrogens (tertiary/aromatic N) is 2. The third kappa shape index (κ3) is 2.84. The van der Waals surface area contributed by atoms with Crippen molar-refractivity contribution in [2.75, 3.05) is 6.54 Å². The van der Waals surface area contributed by atoms with Crippen LogP contribution in [0, 0.1) is 5.92 Å². The summed E-state index contributed by atoms with van der Waals surface area (Å²) in [5.41, 5.74) is 6.02. The van der Waals surface area contributed by atoms with Gasteiger partial charge < -0.3 is 10.8 Å². The van der Waals surface area contributed by atoms with Gasteiger partial charge in [-0.25, -0.2) is 0 Å². The Labute approximate surface area is 115 Å². The highest BCUT2D eigenvalue weighted by atomic mass is 16.3. The molecule has 2 fully saturated rings. The first-order valence-electron chi connectivity index (χ1n) is 7.68. The minimum atomic E-state index is -0.730. The Hall–Kier alpha value is -0.870. The predicted octanol–water partition coefficient (Wildman–Crippen LogP) is 2.03. The Kier molecular flexibility index (Phi) is 3.63. The second kappa shape index (κ2) is 5.25. The molecule has 0 aliphatic heterocycles. The zero-order valence-corrected chi connectivity index (χ0v) is 11.6. The molecule has 0 saturated heterocycles. The van der Waals surface area contributed by atoms with Gasteiger partial charge in [-0.2, -0.15) is 5.10 Å². The highest BCUT2D eigenvalue weighted by Crippen LogP contribution is 2.40. The molecule has 106 valence electrons. The van der Waals surface area contributed by atoms with Gasteiger partial charge in [0.15, 0.2) is 0 Å². The Bertz CT molecular complexity index is 421. The van der Waals surface area contributed by atoms with Crippen LogP contribution in [-0.2, 0) is 6.42 Å². The van der Waals surface area contributed by atoms with Crippen molar-refractivity contribution in [2.24, 2.45) is 11.7 Å². The van der Waals surface area contributed by atoms with Crippen LogP contribution in [-0.4, -0.2) is 27.0 Å². The van der Waals surface area contributed by atoms with Gasteiger partial charge in [0.05, 0.1) is 17.3 Å². The highest BCUT2D eigenvalue weighted by molar-refractivity contribution is 5.09. The first kappa shape index (κ1) is 13.1. The summed E-state index contributed by atoms with van der Waals surface area (Å²) < 4.78 is 2.11. The molecule has 4 heteroatoms. The molecule has 4 nitrogen and oxygen atoms in total. The van der Waals surface area contributed by atoms with Crippen molar-refractivity contribution in [1.29, 1.82) is 0 Å². The molecule has 0 bridgehead atoms. The van der Waals surface area contributed by atoms with E-state index in [1.54, 1.807) is 0 Å². The van der Waals surface area contributed by atoms with Gasteiger partial charge in [0, 0.05) is 19.2 Å². The van der Waals surface area contributed by atoms with Gasteiger partial charge in [0.25, 0.3) is 0 Å². The molecule has 1 aromatic heterocycles. The van der Waals surface area contributed by atoms with E-state index in [1.807, 2.05) is 0 Å². The molecule has 1 aromatic rings. The number of hydrogen-bond donors (Lipinski definition) is 2. The van der Waals surface area contributed by atoms with Crippen LogP contribution in [0.2, 0.25) is 0 Å². The Morgan fingerprint density at radius 3 is 2.63 bits per heavy atom. The summed E-state index contributed by atoms with van der Waals surface area (Å²) in [5.74, 6) is 0.386. The number of aliphatic hydroxyl groups is 1. The summed E-state index contributed by atoms with van der Waals surface area (Å²) in [7, 11) is 0. The zero-order valence-electron chi connectivity index (χ0n) is 11.6. The SMILES string of the molecule is NCC(O)(Cc1ccn(C2CCCCC2)n1)C1CC1. The summed E-state index contributed by atoms with van der Waals surface area (Å²) in [6.07, 6.45) is 11.4. The van der Waals surface area contributed by atoms with Crippen molar-refractivity contribution < 1.29 is 5.11 Å². The van der Waals surface area contributed by atoms with Gasteiger partial charge in [-0.1, -0.05) is 19.3 Å². The van der Waals surface area contributed by atoms with E-state index in [1.165, 1.54) is 32.1 Å². The number of nitrogens with two attached hydrogens (primary N) is 1. The molecule has 0 aromatic carbocycles. The van der Waals surface area contributed by atoms with Crippen LogP contribution >= 0.6 is 0 Å². The number of rotatable bonds is 5. The first-order chi connectivity index (χ1) is 9.21.